The van der Waals surface area contributed by atoms with E-state index in [4.69, 9.17) is 4.74 Å². The molecule has 2 aromatic rings. The summed E-state index contributed by atoms with van der Waals surface area (Å²) in [6, 6.07) is 8.08. The molecular weight excluding hydrogens is 322 g/mol. The Hall–Kier alpha value is -2.14. The zero-order valence-electron chi connectivity index (χ0n) is 14.6. The Bertz CT molecular complexity index is 915. The number of rotatable bonds is 1. The number of hydrogen-bond acceptors (Lipinski definition) is 3. The summed E-state index contributed by atoms with van der Waals surface area (Å²) in [5.41, 5.74) is 4.35. The second kappa shape index (κ2) is 4.52. The molecule has 130 valence electrons. The summed E-state index contributed by atoms with van der Waals surface area (Å²) in [7, 11) is 1.99. The van der Waals surface area contributed by atoms with E-state index < -0.39 is 11.6 Å². The first-order valence-corrected chi connectivity index (χ1v) is 8.64. The molecule has 0 N–H and O–H groups in total. The van der Waals surface area contributed by atoms with Crippen LogP contribution in [-0.4, -0.2) is 13.7 Å². The van der Waals surface area contributed by atoms with Crippen molar-refractivity contribution in [3.05, 3.63) is 53.1 Å². The van der Waals surface area contributed by atoms with Gasteiger partial charge < -0.3 is 14.5 Å². The molecule has 2 aromatic carbocycles. The second-order valence-electron chi connectivity index (χ2n) is 7.81. The van der Waals surface area contributed by atoms with Crippen LogP contribution < -0.4 is 9.80 Å². The predicted octanol–water partition coefficient (Wildman–Crippen LogP) is 4.76. The van der Waals surface area contributed by atoms with Gasteiger partial charge in [0.1, 0.15) is 11.6 Å². The van der Waals surface area contributed by atoms with Gasteiger partial charge in [0.05, 0.1) is 34.9 Å². The summed E-state index contributed by atoms with van der Waals surface area (Å²) in [4.78, 5) is 4.00. The van der Waals surface area contributed by atoms with Crippen LogP contribution >= 0.6 is 0 Å². The zero-order valence-corrected chi connectivity index (χ0v) is 14.6. The first kappa shape index (κ1) is 15.1. The van der Waals surface area contributed by atoms with Gasteiger partial charge in [-0.05, 0) is 62.1 Å². The Morgan fingerprint density at radius 3 is 2.20 bits per heavy atom. The van der Waals surface area contributed by atoms with Gasteiger partial charge in [0.2, 0.25) is 0 Å². The Morgan fingerprint density at radius 2 is 1.56 bits per heavy atom. The number of fused-ring (bicyclic) bond motifs is 6. The first-order valence-electron chi connectivity index (χ1n) is 8.64. The van der Waals surface area contributed by atoms with E-state index in [0.29, 0.717) is 12.4 Å². The Kier molecular flexibility index (Phi) is 2.74. The van der Waals surface area contributed by atoms with E-state index in [-0.39, 0.29) is 11.2 Å². The molecule has 25 heavy (non-hydrogen) atoms. The minimum atomic E-state index is -0.561. The van der Waals surface area contributed by atoms with Gasteiger partial charge in [-0.2, -0.15) is 0 Å². The lowest BCUT2D eigenvalue weighted by Gasteiger charge is -2.25. The van der Waals surface area contributed by atoms with Crippen molar-refractivity contribution in [3.63, 3.8) is 0 Å². The molecule has 3 nitrogen and oxygen atoms in total. The molecule has 1 fully saturated rings. The van der Waals surface area contributed by atoms with Crippen LogP contribution in [0.3, 0.4) is 0 Å². The number of nitrogens with zero attached hydrogens (tertiary/aromatic N) is 2. The summed E-state index contributed by atoms with van der Waals surface area (Å²) in [6.45, 7) is 4.83. The molecule has 0 aromatic heterocycles. The van der Waals surface area contributed by atoms with Crippen molar-refractivity contribution in [1.82, 2.24) is 0 Å². The van der Waals surface area contributed by atoms with Gasteiger partial charge in [0, 0.05) is 13.1 Å². The van der Waals surface area contributed by atoms with Gasteiger partial charge in [0.25, 0.3) is 0 Å². The fourth-order valence-corrected chi connectivity index (χ4v) is 4.70. The third kappa shape index (κ3) is 1.87. The van der Waals surface area contributed by atoms with Crippen molar-refractivity contribution >= 4 is 17.1 Å². The smallest absolute Gasteiger partial charge is 0.149 e. The molecule has 3 aliphatic heterocycles. The van der Waals surface area contributed by atoms with Gasteiger partial charge >= 0.3 is 0 Å². The van der Waals surface area contributed by atoms with Crippen LogP contribution in [-0.2, 0) is 15.9 Å². The molecule has 0 aliphatic carbocycles. The Morgan fingerprint density at radius 1 is 0.920 bits per heavy atom. The maximum Gasteiger partial charge on any atom is 0.149 e. The number of halogens is 2. The second-order valence-corrected chi connectivity index (χ2v) is 7.81. The van der Waals surface area contributed by atoms with Gasteiger partial charge in [0.15, 0.2) is 0 Å². The monoisotopic (exact) mass is 342 g/mol. The molecule has 5 heteroatoms. The fraction of sp³-hybridized carbons (Fsp3) is 0.400. The molecule has 0 saturated carbocycles. The van der Waals surface area contributed by atoms with Crippen molar-refractivity contribution in [2.45, 2.75) is 37.9 Å². The first-order chi connectivity index (χ1) is 11.8. The van der Waals surface area contributed by atoms with E-state index in [1.54, 1.807) is 0 Å². The predicted molar refractivity (Wildman–Crippen MR) is 93.2 cm³/mol. The van der Waals surface area contributed by atoms with E-state index in [9.17, 15) is 8.78 Å². The molecule has 0 radical (unpaired) electrons. The highest BCUT2D eigenvalue weighted by Gasteiger charge is 2.55. The van der Waals surface area contributed by atoms with Crippen LogP contribution in [0.5, 0.6) is 0 Å². The van der Waals surface area contributed by atoms with Crippen LogP contribution in [0.2, 0.25) is 0 Å². The average Bonchev–Trinajstić information content (AvgIpc) is 3.12. The molecule has 2 unspecified atom stereocenters. The van der Waals surface area contributed by atoms with Crippen molar-refractivity contribution in [3.8, 4) is 0 Å². The maximum absolute atomic E-state index is 14.4. The van der Waals surface area contributed by atoms with Crippen LogP contribution in [0.25, 0.3) is 0 Å². The van der Waals surface area contributed by atoms with Gasteiger partial charge in [-0.25, -0.2) is 8.78 Å². The molecular formula is C20H20F2N2O. The summed E-state index contributed by atoms with van der Waals surface area (Å²) in [6.07, 6.45) is 2.02. The highest BCUT2D eigenvalue weighted by molar-refractivity contribution is 5.84. The van der Waals surface area contributed by atoms with Crippen molar-refractivity contribution in [1.29, 1.82) is 0 Å². The molecule has 2 atom stereocenters. The normalized spacial score (nSPS) is 29.3. The summed E-state index contributed by atoms with van der Waals surface area (Å²) in [5.74, 6) is -1.10. The molecule has 3 aliphatic rings. The van der Waals surface area contributed by atoms with Crippen molar-refractivity contribution in [2.75, 3.05) is 23.5 Å². The standard InChI is InChI=1S/C20H20F2N2O/c1-19-6-7-20(2,25-19)14-10-18-17(9-13(14)19)23(3)11-24(18)16-5-4-12(21)8-15(16)22/h4-5,8-10H,6-7,11H2,1-3H3. The zero-order chi connectivity index (χ0) is 17.6. The van der Waals surface area contributed by atoms with E-state index in [0.717, 1.165) is 30.3 Å². The Balaban J connectivity index is 1.69. The number of benzene rings is 2. The minimum Gasteiger partial charge on any atom is -0.360 e. The number of hydrogen-bond donors (Lipinski definition) is 0. The van der Waals surface area contributed by atoms with Crippen LogP contribution in [0.1, 0.15) is 37.8 Å². The summed E-state index contributed by atoms with van der Waals surface area (Å²) in [5, 5.41) is 0. The third-order valence-corrected chi connectivity index (χ3v) is 6.04. The molecule has 2 bridgehead atoms. The molecule has 0 spiro atoms. The van der Waals surface area contributed by atoms with E-state index in [2.05, 4.69) is 30.9 Å². The largest absolute Gasteiger partial charge is 0.360 e. The van der Waals surface area contributed by atoms with Crippen LogP contribution in [0, 0.1) is 11.6 Å². The molecule has 3 heterocycles. The Labute approximate surface area is 145 Å². The number of ether oxygens (including phenoxy) is 1. The third-order valence-electron chi connectivity index (χ3n) is 6.04. The maximum atomic E-state index is 14.4. The lowest BCUT2D eigenvalue weighted by Crippen LogP contribution is -2.24. The molecule has 1 saturated heterocycles. The SMILES string of the molecule is CN1CN(c2ccc(F)cc2F)c2cc3c(cc21)C1(C)CCC3(C)O1. The average molecular weight is 342 g/mol. The molecule has 0 amide bonds. The van der Waals surface area contributed by atoms with E-state index in [1.165, 1.54) is 23.3 Å². The van der Waals surface area contributed by atoms with Gasteiger partial charge in [-0.15, -0.1) is 0 Å². The quantitative estimate of drug-likeness (QED) is 0.743. The fourth-order valence-electron chi connectivity index (χ4n) is 4.70. The summed E-state index contributed by atoms with van der Waals surface area (Å²) < 4.78 is 34.0. The van der Waals surface area contributed by atoms with Gasteiger partial charge in [-0.3, -0.25) is 0 Å². The van der Waals surface area contributed by atoms with Crippen molar-refractivity contribution in [2.24, 2.45) is 0 Å². The van der Waals surface area contributed by atoms with Crippen molar-refractivity contribution < 1.29 is 13.5 Å². The minimum absolute atomic E-state index is 0.228. The number of anilines is 3. The highest BCUT2D eigenvalue weighted by atomic mass is 19.1. The van der Waals surface area contributed by atoms with Crippen LogP contribution in [0.15, 0.2) is 30.3 Å². The van der Waals surface area contributed by atoms with Gasteiger partial charge in [-0.1, -0.05) is 0 Å². The van der Waals surface area contributed by atoms with Crippen LogP contribution in [0.4, 0.5) is 25.8 Å². The van der Waals surface area contributed by atoms with E-state index in [1.807, 2.05) is 11.9 Å². The molecule has 5 rings (SSSR count). The van der Waals surface area contributed by atoms with E-state index >= 15 is 0 Å². The summed E-state index contributed by atoms with van der Waals surface area (Å²) >= 11 is 0. The topological polar surface area (TPSA) is 15.7 Å². The lowest BCUT2D eigenvalue weighted by molar-refractivity contribution is -0.0662. The highest BCUT2D eigenvalue weighted by Crippen LogP contribution is 2.60. The lowest BCUT2D eigenvalue weighted by atomic mass is 9.78.